The van der Waals surface area contributed by atoms with Gasteiger partial charge in [0.15, 0.2) is 0 Å². The smallest absolute Gasteiger partial charge is 0.126 e. The van der Waals surface area contributed by atoms with Gasteiger partial charge in [-0.15, -0.1) is 0 Å². The van der Waals surface area contributed by atoms with E-state index in [1.165, 1.54) is 5.56 Å². The van der Waals surface area contributed by atoms with Crippen LogP contribution in [0.25, 0.3) is 0 Å². The maximum absolute atomic E-state index is 5.51. The van der Waals surface area contributed by atoms with Crippen molar-refractivity contribution in [2.24, 2.45) is 0 Å². The van der Waals surface area contributed by atoms with Crippen molar-refractivity contribution in [1.29, 1.82) is 0 Å². The number of nitrogen functional groups attached to an aromatic ring is 1. The van der Waals surface area contributed by atoms with Crippen molar-refractivity contribution in [3.8, 4) is 0 Å². The van der Waals surface area contributed by atoms with Crippen molar-refractivity contribution in [2.45, 2.75) is 27.7 Å². The fourth-order valence-electron chi connectivity index (χ4n) is 0.653. The molecule has 11 heavy (non-hydrogen) atoms. The molecule has 0 saturated heterocycles. The third kappa shape index (κ3) is 2.58. The van der Waals surface area contributed by atoms with Crippen LogP contribution in [-0.2, 0) is 0 Å². The van der Waals surface area contributed by atoms with Crippen molar-refractivity contribution in [2.75, 3.05) is 5.73 Å². The third-order valence-electron chi connectivity index (χ3n) is 1.51. The first-order valence-corrected chi connectivity index (χ1v) is 3.89. The Bertz CT molecular complexity index is 199. The number of aromatic nitrogens is 1. The molecule has 0 amide bonds. The predicted molar refractivity (Wildman–Crippen MR) is 49.5 cm³/mol. The molecular weight excluding hydrogens is 136 g/mol. The van der Waals surface area contributed by atoms with Crippen LogP contribution >= 0.6 is 0 Å². The summed E-state index contributed by atoms with van der Waals surface area (Å²) in [4.78, 5) is 3.92. The highest BCUT2D eigenvalue weighted by Gasteiger charge is 1.94. The van der Waals surface area contributed by atoms with Crippen LogP contribution in [0.3, 0.4) is 0 Å². The van der Waals surface area contributed by atoms with Gasteiger partial charge in [0.25, 0.3) is 0 Å². The first-order valence-electron chi connectivity index (χ1n) is 3.89. The van der Waals surface area contributed by atoms with Gasteiger partial charge in [-0.25, -0.2) is 4.98 Å². The summed E-state index contributed by atoms with van der Waals surface area (Å²) in [6.07, 6.45) is 1.72. The number of hydrogen-bond acceptors (Lipinski definition) is 2. The van der Waals surface area contributed by atoms with Crippen LogP contribution < -0.4 is 5.73 Å². The van der Waals surface area contributed by atoms with Crippen LogP contribution in [0.2, 0.25) is 0 Å². The lowest BCUT2D eigenvalue weighted by molar-refractivity contribution is 1.23. The van der Waals surface area contributed by atoms with Crippen LogP contribution in [0.1, 0.15) is 25.0 Å². The standard InChI is InChI=1S/C7H10N2.C2H6/c1-5-3-4-9-7(8)6(5)2;1-2/h3-4H,1-2H3,(H2,8,9);1-2H3. The molecule has 0 atom stereocenters. The molecule has 1 aromatic heterocycles. The number of nitrogens with zero attached hydrogens (tertiary/aromatic N) is 1. The minimum absolute atomic E-state index is 0.634. The van der Waals surface area contributed by atoms with E-state index in [9.17, 15) is 0 Å². The maximum Gasteiger partial charge on any atom is 0.126 e. The Labute approximate surface area is 68.5 Å². The van der Waals surface area contributed by atoms with E-state index in [0.717, 1.165) is 5.56 Å². The van der Waals surface area contributed by atoms with E-state index in [-0.39, 0.29) is 0 Å². The van der Waals surface area contributed by atoms with Gasteiger partial charge in [-0.1, -0.05) is 13.8 Å². The number of aryl methyl sites for hydroxylation is 1. The molecule has 1 rings (SSSR count). The lowest BCUT2D eigenvalue weighted by atomic mass is 10.2. The molecule has 0 spiro atoms. The molecule has 0 saturated carbocycles. The van der Waals surface area contributed by atoms with Gasteiger partial charge < -0.3 is 5.73 Å². The van der Waals surface area contributed by atoms with E-state index >= 15 is 0 Å². The number of anilines is 1. The third-order valence-corrected chi connectivity index (χ3v) is 1.51. The minimum atomic E-state index is 0.634. The molecule has 62 valence electrons. The van der Waals surface area contributed by atoms with Crippen LogP contribution in [-0.4, -0.2) is 4.98 Å². The zero-order valence-electron chi connectivity index (χ0n) is 7.68. The van der Waals surface area contributed by atoms with Gasteiger partial charge in [0.05, 0.1) is 0 Å². The van der Waals surface area contributed by atoms with E-state index < -0.39 is 0 Å². The largest absolute Gasteiger partial charge is 0.383 e. The van der Waals surface area contributed by atoms with Crippen molar-refractivity contribution in [1.82, 2.24) is 4.98 Å². The van der Waals surface area contributed by atoms with Crippen molar-refractivity contribution < 1.29 is 0 Å². The quantitative estimate of drug-likeness (QED) is 0.619. The number of hydrogen-bond donors (Lipinski definition) is 1. The Hall–Kier alpha value is -1.05. The summed E-state index contributed by atoms with van der Waals surface area (Å²) in [5.41, 5.74) is 7.79. The highest BCUT2D eigenvalue weighted by atomic mass is 14.8. The lowest BCUT2D eigenvalue weighted by Gasteiger charge is -1.99. The second-order valence-corrected chi connectivity index (χ2v) is 2.14. The fraction of sp³-hybridized carbons (Fsp3) is 0.444. The molecule has 0 aliphatic rings. The molecule has 0 bridgehead atoms. The van der Waals surface area contributed by atoms with Crippen LogP contribution in [0.4, 0.5) is 5.82 Å². The summed E-state index contributed by atoms with van der Waals surface area (Å²) < 4.78 is 0. The second-order valence-electron chi connectivity index (χ2n) is 2.14. The van der Waals surface area contributed by atoms with Gasteiger partial charge in [-0.05, 0) is 31.0 Å². The molecule has 2 heteroatoms. The first kappa shape index (κ1) is 9.95. The first-order chi connectivity index (χ1) is 5.22. The van der Waals surface area contributed by atoms with Crippen molar-refractivity contribution >= 4 is 5.82 Å². The highest BCUT2D eigenvalue weighted by molar-refractivity contribution is 5.42. The van der Waals surface area contributed by atoms with Gasteiger partial charge in [0.2, 0.25) is 0 Å². The van der Waals surface area contributed by atoms with E-state index in [4.69, 9.17) is 5.73 Å². The van der Waals surface area contributed by atoms with Crippen LogP contribution in [0.5, 0.6) is 0 Å². The SMILES string of the molecule is CC.Cc1ccnc(N)c1C. The summed E-state index contributed by atoms with van der Waals surface area (Å²) in [6.45, 7) is 7.99. The van der Waals surface area contributed by atoms with Gasteiger partial charge in [-0.2, -0.15) is 0 Å². The maximum atomic E-state index is 5.51. The summed E-state index contributed by atoms with van der Waals surface area (Å²) in [5, 5.41) is 0. The lowest BCUT2D eigenvalue weighted by Crippen LogP contribution is -1.94. The topological polar surface area (TPSA) is 38.9 Å². The van der Waals surface area contributed by atoms with E-state index in [1.54, 1.807) is 6.20 Å². The average molecular weight is 152 g/mol. The molecule has 0 aliphatic heterocycles. The van der Waals surface area contributed by atoms with Crippen LogP contribution in [0.15, 0.2) is 12.3 Å². The Morgan fingerprint density at radius 3 is 2.18 bits per heavy atom. The summed E-state index contributed by atoms with van der Waals surface area (Å²) in [7, 11) is 0. The molecule has 1 heterocycles. The normalized spacial score (nSPS) is 8.36. The van der Waals surface area contributed by atoms with Gasteiger partial charge >= 0.3 is 0 Å². The molecule has 1 aromatic rings. The average Bonchev–Trinajstić information content (AvgIpc) is 2.04. The fourth-order valence-corrected chi connectivity index (χ4v) is 0.653. The Balaban J connectivity index is 0.000000461. The Morgan fingerprint density at radius 1 is 1.27 bits per heavy atom. The molecular formula is C9H16N2. The van der Waals surface area contributed by atoms with Gasteiger partial charge in [0, 0.05) is 6.20 Å². The Morgan fingerprint density at radius 2 is 1.82 bits per heavy atom. The van der Waals surface area contributed by atoms with E-state index in [1.807, 2.05) is 33.8 Å². The molecule has 0 aromatic carbocycles. The highest BCUT2D eigenvalue weighted by Crippen LogP contribution is 2.09. The summed E-state index contributed by atoms with van der Waals surface area (Å²) in [6, 6.07) is 1.95. The van der Waals surface area contributed by atoms with Crippen molar-refractivity contribution in [3.05, 3.63) is 23.4 Å². The van der Waals surface area contributed by atoms with E-state index in [0.29, 0.717) is 5.82 Å². The monoisotopic (exact) mass is 152 g/mol. The zero-order valence-corrected chi connectivity index (χ0v) is 7.68. The zero-order chi connectivity index (χ0) is 8.85. The molecule has 2 N–H and O–H groups in total. The predicted octanol–water partition coefficient (Wildman–Crippen LogP) is 2.31. The summed E-state index contributed by atoms with van der Waals surface area (Å²) in [5.74, 6) is 0.634. The van der Waals surface area contributed by atoms with Crippen LogP contribution in [0, 0.1) is 13.8 Å². The molecule has 0 radical (unpaired) electrons. The molecule has 0 fully saturated rings. The second kappa shape index (κ2) is 4.72. The molecule has 2 nitrogen and oxygen atoms in total. The number of pyridine rings is 1. The number of rotatable bonds is 0. The molecule has 0 unspecified atom stereocenters. The van der Waals surface area contributed by atoms with E-state index in [2.05, 4.69) is 4.98 Å². The Kier molecular flexibility index (Phi) is 4.27. The van der Waals surface area contributed by atoms with Crippen molar-refractivity contribution in [3.63, 3.8) is 0 Å². The van der Waals surface area contributed by atoms with Gasteiger partial charge in [0.1, 0.15) is 5.82 Å². The minimum Gasteiger partial charge on any atom is -0.383 e. The number of nitrogens with two attached hydrogens (primary N) is 1. The van der Waals surface area contributed by atoms with Gasteiger partial charge in [-0.3, -0.25) is 0 Å². The molecule has 0 aliphatic carbocycles. The summed E-state index contributed by atoms with van der Waals surface area (Å²) >= 11 is 0.